The van der Waals surface area contributed by atoms with Crippen LogP contribution in [0.3, 0.4) is 0 Å². The van der Waals surface area contributed by atoms with Crippen LogP contribution >= 0.6 is 11.8 Å². The first-order chi connectivity index (χ1) is 8.26. The van der Waals surface area contributed by atoms with Gasteiger partial charge in [0.1, 0.15) is 5.75 Å². The van der Waals surface area contributed by atoms with E-state index in [4.69, 9.17) is 0 Å². The zero-order valence-corrected chi connectivity index (χ0v) is 11.6. The molecule has 0 spiro atoms. The van der Waals surface area contributed by atoms with Gasteiger partial charge in [-0.25, -0.2) is 0 Å². The average molecular weight is 253 g/mol. The highest BCUT2D eigenvalue weighted by molar-refractivity contribution is 7.99. The molecule has 0 bridgehead atoms. The Morgan fingerprint density at radius 3 is 2.82 bits per heavy atom. The van der Waals surface area contributed by atoms with Crippen LogP contribution in [0.1, 0.15) is 25.8 Å². The molecule has 1 unspecified atom stereocenters. The van der Waals surface area contributed by atoms with E-state index in [2.05, 4.69) is 25.2 Å². The third-order valence-corrected chi connectivity index (χ3v) is 3.89. The van der Waals surface area contributed by atoms with Crippen LogP contribution in [-0.2, 0) is 6.42 Å². The molecule has 0 aromatic heterocycles. The van der Waals surface area contributed by atoms with Gasteiger partial charge in [0, 0.05) is 11.8 Å². The number of nitrogens with one attached hydrogen (secondary N) is 1. The number of thioether (sulfide) groups is 1. The number of hydrogen-bond donors (Lipinski definition) is 2. The largest absolute Gasteiger partial charge is 0.508 e. The maximum absolute atomic E-state index is 9.44. The molecule has 1 aromatic rings. The maximum Gasteiger partial charge on any atom is 0.115 e. The lowest BCUT2D eigenvalue weighted by Crippen LogP contribution is -2.33. The summed E-state index contributed by atoms with van der Waals surface area (Å²) in [4.78, 5) is 0. The van der Waals surface area contributed by atoms with Crippen LogP contribution < -0.4 is 5.32 Å². The molecule has 3 heteroatoms. The smallest absolute Gasteiger partial charge is 0.115 e. The van der Waals surface area contributed by atoms with E-state index in [0.717, 1.165) is 18.7 Å². The zero-order chi connectivity index (χ0) is 12.5. The summed E-state index contributed by atoms with van der Waals surface area (Å²) in [7, 11) is 0. The second-order valence-electron chi connectivity index (χ2n) is 4.20. The SMILES string of the molecule is CCCSCC(Cc1cccc(O)c1)NCC. The fourth-order valence-corrected chi connectivity index (χ4v) is 2.79. The average Bonchev–Trinajstić information content (AvgIpc) is 2.29. The molecule has 2 N–H and O–H groups in total. The standard InChI is InChI=1S/C14H23NOS/c1-3-8-17-11-13(15-4-2)9-12-6-5-7-14(16)10-12/h5-7,10,13,15-16H,3-4,8-9,11H2,1-2H3. The number of phenolic OH excluding ortho intramolecular Hbond substituents is 1. The van der Waals surface area contributed by atoms with E-state index in [9.17, 15) is 5.11 Å². The summed E-state index contributed by atoms with van der Waals surface area (Å²) in [6.45, 7) is 5.35. The molecule has 0 saturated carbocycles. The Morgan fingerprint density at radius 1 is 1.35 bits per heavy atom. The van der Waals surface area contributed by atoms with Gasteiger partial charge >= 0.3 is 0 Å². The molecule has 1 aromatic carbocycles. The van der Waals surface area contributed by atoms with Gasteiger partial charge in [-0.15, -0.1) is 0 Å². The summed E-state index contributed by atoms with van der Waals surface area (Å²) in [6, 6.07) is 8.06. The van der Waals surface area contributed by atoms with Crippen LogP contribution in [-0.4, -0.2) is 29.2 Å². The van der Waals surface area contributed by atoms with Crippen molar-refractivity contribution in [3.63, 3.8) is 0 Å². The first kappa shape index (κ1) is 14.4. The molecule has 0 saturated heterocycles. The van der Waals surface area contributed by atoms with E-state index in [1.54, 1.807) is 6.07 Å². The minimum absolute atomic E-state index is 0.360. The highest BCUT2D eigenvalue weighted by atomic mass is 32.2. The molecular weight excluding hydrogens is 230 g/mol. The van der Waals surface area contributed by atoms with Crippen LogP contribution in [0.5, 0.6) is 5.75 Å². The van der Waals surface area contributed by atoms with Crippen molar-refractivity contribution in [1.29, 1.82) is 0 Å². The molecule has 0 heterocycles. The van der Waals surface area contributed by atoms with Crippen molar-refractivity contribution in [3.05, 3.63) is 29.8 Å². The van der Waals surface area contributed by atoms with Gasteiger partial charge in [0.25, 0.3) is 0 Å². The number of phenols is 1. The molecule has 0 aliphatic heterocycles. The Bertz CT molecular complexity index is 317. The molecule has 1 rings (SSSR count). The van der Waals surface area contributed by atoms with Gasteiger partial charge in [-0.05, 0) is 42.8 Å². The van der Waals surface area contributed by atoms with Gasteiger partial charge in [0.2, 0.25) is 0 Å². The normalized spacial score (nSPS) is 12.6. The number of hydrogen-bond acceptors (Lipinski definition) is 3. The summed E-state index contributed by atoms with van der Waals surface area (Å²) in [5.74, 6) is 2.72. The predicted octanol–water partition coefficient (Wildman–Crippen LogP) is 3.06. The Kier molecular flexibility index (Phi) is 7.13. The van der Waals surface area contributed by atoms with E-state index in [1.807, 2.05) is 23.9 Å². The van der Waals surface area contributed by atoms with Gasteiger partial charge in [-0.1, -0.05) is 26.0 Å². The van der Waals surface area contributed by atoms with Crippen molar-refractivity contribution in [2.45, 2.75) is 32.7 Å². The van der Waals surface area contributed by atoms with Crippen molar-refractivity contribution in [2.75, 3.05) is 18.1 Å². The zero-order valence-electron chi connectivity index (χ0n) is 10.8. The predicted molar refractivity (Wildman–Crippen MR) is 76.9 cm³/mol. The highest BCUT2D eigenvalue weighted by Gasteiger charge is 2.08. The fraction of sp³-hybridized carbons (Fsp3) is 0.571. The molecule has 17 heavy (non-hydrogen) atoms. The monoisotopic (exact) mass is 253 g/mol. The van der Waals surface area contributed by atoms with E-state index in [0.29, 0.717) is 11.8 Å². The highest BCUT2D eigenvalue weighted by Crippen LogP contribution is 2.14. The summed E-state index contributed by atoms with van der Waals surface area (Å²) < 4.78 is 0. The van der Waals surface area contributed by atoms with E-state index >= 15 is 0 Å². The topological polar surface area (TPSA) is 32.3 Å². The van der Waals surface area contributed by atoms with Crippen molar-refractivity contribution < 1.29 is 5.11 Å². The molecule has 2 nitrogen and oxygen atoms in total. The Balaban J connectivity index is 2.47. The molecule has 0 amide bonds. The fourth-order valence-electron chi connectivity index (χ4n) is 1.82. The van der Waals surface area contributed by atoms with Crippen molar-refractivity contribution in [1.82, 2.24) is 5.32 Å². The van der Waals surface area contributed by atoms with Gasteiger partial charge in [0.15, 0.2) is 0 Å². The van der Waals surface area contributed by atoms with Crippen molar-refractivity contribution in [3.8, 4) is 5.75 Å². The number of rotatable bonds is 8. The molecule has 1 atom stereocenters. The van der Waals surface area contributed by atoms with Crippen LogP contribution in [0, 0.1) is 0 Å². The number of aromatic hydroxyl groups is 1. The van der Waals surface area contributed by atoms with Gasteiger partial charge in [0.05, 0.1) is 0 Å². The van der Waals surface area contributed by atoms with Crippen LogP contribution in [0.25, 0.3) is 0 Å². The van der Waals surface area contributed by atoms with E-state index in [1.165, 1.54) is 17.7 Å². The Morgan fingerprint density at radius 2 is 2.18 bits per heavy atom. The lowest BCUT2D eigenvalue weighted by molar-refractivity contribution is 0.473. The summed E-state index contributed by atoms with van der Waals surface area (Å²) in [5.41, 5.74) is 1.20. The quantitative estimate of drug-likeness (QED) is 0.698. The number of likely N-dealkylation sites (N-methyl/N-ethyl adjacent to an activating group) is 1. The van der Waals surface area contributed by atoms with Crippen molar-refractivity contribution >= 4 is 11.8 Å². The third-order valence-electron chi connectivity index (χ3n) is 2.55. The van der Waals surface area contributed by atoms with E-state index < -0.39 is 0 Å². The lowest BCUT2D eigenvalue weighted by Gasteiger charge is -2.17. The van der Waals surface area contributed by atoms with Gasteiger partial charge in [-0.3, -0.25) is 0 Å². The van der Waals surface area contributed by atoms with Crippen LogP contribution in [0.15, 0.2) is 24.3 Å². The van der Waals surface area contributed by atoms with Gasteiger partial charge < -0.3 is 10.4 Å². The first-order valence-corrected chi connectivity index (χ1v) is 7.50. The molecule has 0 fully saturated rings. The Labute approximate surface area is 109 Å². The van der Waals surface area contributed by atoms with Crippen molar-refractivity contribution in [2.24, 2.45) is 0 Å². The summed E-state index contributed by atoms with van der Waals surface area (Å²) in [5, 5.41) is 13.0. The molecule has 0 radical (unpaired) electrons. The van der Waals surface area contributed by atoms with E-state index in [-0.39, 0.29) is 0 Å². The first-order valence-electron chi connectivity index (χ1n) is 6.35. The lowest BCUT2D eigenvalue weighted by atomic mass is 10.1. The Hall–Kier alpha value is -0.670. The summed E-state index contributed by atoms with van der Waals surface area (Å²) >= 11 is 2.00. The third kappa shape index (κ3) is 5.99. The minimum Gasteiger partial charge on any atom is -0.508 e. The maximum atomic E-state index is 9.44. The van der Waals surface area contributed by atoms with Gasteiger partial charge in [-0.2, -0.15) is 11.8 Å². The minimum atomic E-state index is 0.360. The molecule has 96 valence electrons. The molecular formula is C14H23NOS. The van der Waals surface area contributed by atoms with Crippen LogP contribution in [0.4, 0.5) is 0 Å². The van der Waals surface area contributed by atoms with Crippen LogP contribution in [0.2, 0.25) is 0 Å². The molecule has 0 aliphatic carbocycles. The second kappa shape index (κ2) is 8.43. The second-order valence-corrected chi connectivity index (χ2v) is 5.35. The number of benzene rings is 1. The summed E-state index contributed by atoms with van der Waals surface area (Å²) in [6.07, 6.45) is 2.22. The molecule has 0 aliphatic rings.